The third-order valence-corrected chi connectivity index (χ3v) is 6.51. The number of aromatic amines is 1. The number of rotatable bonds is 3. The molecule has 0 bridgehead atoms. The Morgan fingerprint density at radius 3 is 2.66 bits per heavy atom. The maximum atomic E-state index is 12.9. The Balaban J connectivity index is 0.00000289. The van der Waals surface area contributed by atoms with Crippen molar-refractivity contribution in [2.24, 2.45) is 5.73 Å². The van der Waals surface area contributed by atoms with Gasteiger partial charge in [0.05, 0.1) is 18.2 Å². The van der Waals surface area contributed by atoms with Gasteiger partial charge in [0, 0.05) is 43.9 Å². The van der Waals surface area contributed by atoms with E-state index in [9.17, 15) is 19.5 Å². The van der Waals surface area contributed by atoms with E-state index in [4.69, 9.17) is 10.5 Å². The maximum Gasteiger partial charge on any atom is 0.328 e. The van der Waals surface area contributed by atoms with Crippen LogP contribution in [0.1, 0.15) is 48.1 Å². The van der Waals surface area contributed by atoms with Gasteiger partial charge in [-0.15, -0.1) is 12.4 Å². The summed E-state index contributed by atoms with van der Waals surface area (Å²) in [6.45, 7) is 3.10. The summed E-state index contributed by atoms with van der Waals surface area (Å²) in [5, 5.41) is 10.9. The zero-order valence-electron chi connectivity index (χ0n) is 18.0. The van der Waals surface area contributed by atoms with E-state index in [0.717, 1.165) is 5.56 Å². The predicted octanol–water partition coefficient (Wildman–Crippen LogP) is 0.804. The highest BCUT2D eigenvalue weighted by Gasteiger charge is 2.49. The second-order valence-corrected chi connectivity index (χ2v) is 8.76. The van der Waals surface area contributed by atoms with Crippen LogP contribution in [0.25, 0.3) is 0 Å². The summed E-state index contributed by atoms with van der Waals surface area (Å²) in [5.41, 5.74) is 4.37. The lowest BCUT2D eigenvalue weighted by Crippen LogP contribution is -2.58. The largest absolute Gasteiger partial charge is 0.386 e. The summed E-state index contributed by atoms with van der Waals surface area (Å²) in [4.78, 5) is 40.8. The molecule has 10 heteroatoms. The number of nitrogens with two attached hydrogens (primary N) is 1. The van der Waals surface area contributed by atoms with Gasteiger partial charge in [-0.1, -0.05) is 12.1 Å². The molecule has 2 fully saturated rings. The van der Waals surface area contributed by atoms with Gasteiger partial charge in [0.1, 0.15) is 5.60 Å². The normalized spacial score (nSPS) is 24.7. The van der Waals surface area contributed by atoms with Gasteiger partial charge in [-0.2, -0.15) is 0 Å². The number of nitrogens with one attached hydrogen (secondary N) is 1. The Morgan fingerprint density at radius 2 is 2.00 bits per heavy atom. The summed E-state index contributed by atoms with van der Waals surface area (Å²) in [6.07, 6.45) is 3.03. The molecule has 1 amide bonds. The number of H-pyrrole nitrogens is 1. The number of aromatic nitrogens is 2. The molecular formula is C22H29ClN4O5. The van der Waals surface area contributed by atoms with E-state index in [1.807, 2.05) is 18.2 Å². The fourth-order valence-corrected chi connectivity index (χ4v) is 4.58. The van der Waals surface area contributed by atoms with Crippen molar-refractivity contribution < 1.29 is 14.6 Å². The smallest absolute Gasteiger partial charge is 0.328 e. The standard InChI is InChI=1S/C22H28N4O5.ClH/c1-21(30)14-31-22(12-17(21)26-8-5-18(27)24-20(26)29)6-9-25(10-7-22)19(28)16-4-2-3-15(11-16)13-23;/h2-5,8,11,17,30H,6-7,9-10,12-14,23H2,1H3,(H,24,27,29);1H/t17-,21-;/m0./s1. The molecule has 2 aromatic rings. The third kappa shape index (κ3) is 4.66. The molecule has 3 heterocycles. The fraction of sp³-hybridized carbons (Fsp3) is 0.500. The Labute approximate surface area is 191 Å². The number of amides is 1. The highest BCUT2D eigenvalue weighted by molar-refractivity contribution is 5.94. The molecule has 0 saturated carbocycles. The first-order valence-corrected chi connectivity index (χ1v) is 10.5. The summed E-state index contributed by atoms with van der Waals surface area (Å²) in [5.74, 6) is -0.0404. The van der Waals surface area contributed by atoms with Crippen molar-refractivity contribution in [1.29, 1.82) is 0 Å². The highest BCUT2D eigenvalue weighted by atomic mass is 35.5. The van der Waals surface area contributed by atoms with Crippen LogP contribution < -0.4 is 17.0 Å². The van der Waals surface area contributed by atoms with Crippen LogP contribution in [-0.4, -0.2) is 56.4 Å². The van der Waals surface area contributed by atoms with Crippen LogP contribution in [0.15, 0.2) is 46.1 Å². The molecule has 2 atom stereocenters. The zero-order valence-corrected chi connectivity index (χ0v) is 18.8. The third-order valence-electron chi connectivity index (χ3n) is 6.51. The number of aliphatic hydroxyl groups is 1. The Bertz CT molecular complexity index is 1090. The van der Waals surface area contributed by atoms with Gasteiger partial charge in [0.2, 0.25) is 0 Å². The zero-order chi connectivity index (χ0) is 22.2. The lowest BCUT2D eigenvalue weighted by Gasteiger charge is -2.51. The summed E-state index contributed by atoms with van der Waals surface area (Å²) in [6, 6.07) is 8.06. The van der Waals surface area contributed by atoms with Crippen molar-refractivity contribution >= 4 is 18.3 Å². The monoisotopic (exact) mass is 464 g/mol. The second-order valence-electron chi connectivity index (χ2n) is 8.76. The van der Waals surface area contributed by atoms with E-state index < -0.39 is 28.5 Å². The Kier molecular flexibility index (Phi) is 6.94. The minimum absolute atomic E-state index is 0. The van der Waals surface area contributed by atoms with Crippen LogP contribution in [0.5, 0.6) is 0 Å². The van der Waals surface area contributed by atoms with Gasteiger partial charge in [-0.05, 0) is 37.5 Å². The molecule has 4 rings (SSSR count). The molecule has 32 heavy (non-hydrogen) atoms. The molecule has 4 N–H and O–H groups in total. The van der Waals surface area contributed by atoms with Gasteiger partial charge in [0.15, 0.2) is 0 Å². The van der Waals surface area contributed by atoms with Crippen LogP contribution in [0.3, 0.4) is 0 Å². The summed E-state index contributed by atoms with van der Waals surface area (Å²) >= 11 is 0. The summed E-state index contributed by atoms with van der Waals surface area (Å²) in [7, 11) is 0. The van der Waals surface area contributed by atoms with Gasteiger partial charge >= 0.3 is 5.69 Å². The molecule has 174 valence electrons. The topological polar surface area (TPSA) is 131 Å². The molecule has 2 aliphatic heterocycles. The maximum absolute atomic E-state index is 12.9. The van der Waals surface area contributed by atoms with Crippen molar-refractivity contribution in [3.8, 4) is 0 Å². The molecular weight excluding hydrogens is 436 g/mol. The Morgan fingerprint density at radius 1 is 1.28 bits per heavy atom. The lowest BCUT2D eigenvalue weighted by atomic mass is 9.77. The molecule has 2 aliphatic rings. The van der Waals surface area contributed by atoms with Gasteiger partial charge in [-0.25, -0.2) is 4.79 Å². The van der Waals surface area contributed by atoms with Crippen molar-refractivity contribution in [2.45, 2.75) is 50.0 Å². The van der Waals surface area contributed by atoms with E-state index in [1.165, 1.54) is 16.8 Å². The molecule has 9 nitrogen and oxygen atoms in total. The van der Waals surface area contributed by atoms with E-state index in [1.54, 1.807) is 17.9 Å². The number of nitrogens with zero attached hydrogens (tertiary/aromatic N) is 2. The number of hydrogen-bond donors (Lipinski definition) is 3. The fourth-order valence-electron chi connectivity index (χ4n) is 4.58. The average molecular weight is 465 g/mol. The van der Waals surface area contributed by atoms with Crippen LogP contribution in [0.2, 0.25) is 0 Å². The second kappa shape index (κ2) is 9.19. The first-order chi connectivity index (χ1) is 14.7. The minimum Gasteiger partial charge on any atom is -0.386 e. The number of likely N-dealkylation sites (tertiary alicyclic amines) is 1. The number of carbonyl (C=O) groups excluding carboxylic acids is 1. The van der Waals surface area contributed by atoms with E-state index in [2.05, 4.69) is 4.98 Å². The van der Waals surface area contributed by atoms with Crippen LogP contribution in [-0.2, 0) is 11.3 Å². The predicted molar refractivity (Wildman–Crippen MR) is 121 cm³/mol. The van der Waals surface area contributed by atoms with Gasteiger partial charge < -0.3 is 20.5 Å². The van der Waals surface area contributed by atoms with Crippen molar-refractivity contribution in [3.05, 3.63) is 68.5 Å². The quantitative estimate of drug-likeness (QED) is 0.616. The van der Waals surface area contributed by atoms with Gasteiger partial charge in [0.25, 0.3) is 11.5 Å². The van der Waals surface area contributed by atoms with E-state index >= 15 is 0 Å². The molecule has 0 unspecified atom stereocenters. The minimum atomic E-state index is -1.26. The van der Waals surface area contributed by atoms with Crippen molar-refractivity contribution in [1.82, 2.24) is 14.5 Å². The van der Waals surface area contributed by atoms with Crippen molar-refractivity contribution in [2.75, 3.05) is 19.7 Å². The molecule has 2 saturated heterocycles. The van der Waals surface area contributed by atoms with Crippen LogP contribution >= 0.6 is 12.4 Å². The molecule has 1 spiro atoms. The first-order valence-electron chi connectivity index (χ1n) is 10.5. The number of ether oxygens (including phenoxy) is 1. The van der Waals surface area contributed by atoms with E-state index in [0.29, 0.717) is 44.5 Å². The SMILES string of the molecule is C[C@]1(O)COC2(CCN(C(=O)c3cccc(CN)c3)CC2)C[C@@H]1n1ccc(=O)[nH]c1=O.Cl. The average Bonchev–Trinajstić information content (AvgIpc) is 2.76. The Hall–Kier alpha value is -2.46. The summed E-state index contributed by atoms with van der Waals surface area (Å²) < 4.78 is 7.49. The molecule has 0 aliphatic carbocycles. The number of carbonyl (C=O) groups is 1. The van der Waals surface area contributed by atoms with E-state index in [-0.39, 0.29) is 24.9 Å². The number of piperidine rings is 1. The molecule has 1 aromatic carbocycles. The van der Waals surface area contributed by atoms with Crippen LogP contribution in [0.4, 0.5) is 0 Å². The number of halogens is 1. The van der Waals surface area contributed by atoms with Crippen LogP contribution in [0, 0.1) is 0 Å². The van der Waals surface area contributed by atoms with Gasteiger partial charge in [-0.3, -0.25) is 19.1 Å². The number of hydrogen-bond acceptors (Lipinski definition) is 6. The first kappa shape index (κ1) is 24.2. The molecule has 0 radical (unpaired) electrons. The number of benzene rings is 1. The van der Waals surface area contributed by atoms with Crippen molar-refractivity contribution in [3.63, 3.8) is 0 Å². The highest BCUT2D eigenvalue weighted by Crippen LogP contribution is 2.43. The lowest BCUT2D eigenvalue weighted by molar-refractivity contribution is -0.199. The molecule has 1 aromatic heterocycles.